The first-order chi connectivity index (χ1) is 14.0. The Hall–Kier alpha value is -3.34. The maximum Gasteiger partial charge on any atom is 0.350 e. The lowest BCUT2D eigenvalue weighted by Crippen LogP contribution is -2.23. The highest BCUT2D eigenvalue weighted by Gasteiger charge is 2.18. The van der Waals surface area contributed by atoms with Gasteiger partial charge < -0.3 is 4.74 Å². The van der Waals surface area contributed by atoms with Crippen LogP contribution in [0.15, 0.2) is 65.6 Å². The van der Waals surface area contributed by atoms with E-state index < -0.39 is 0 Å². The minimum atomic E-state index is -0.108. The van der Waals surface area contributed by atoms with Gasteiger partial charge in [-0.05, 0) is 47.7 Å². The summed E-state index contributed by atoms with van der Waals surface area (Å²) >= 11 is 0. The number of pyridine rings is 1. The zero-order valence-electron chi connectivity index (χ0n) is 17.2. The number of hydrogen-bond donors (Lipinski definition) is 0. The number of benzene rings is 2. The first kappa shape index (κ1) is 21.4. The molecule has 2 aromatic heterocycles. The minimum Gasteiger partial charge on any atom is -0.497 e. The topological polar surface area (TPSA) is 48.5 Å². The van der Waals surface area contributed by atoms with Crippen molar-refractivity contribution in [3.8, 4) is 28.0 Å². The Balaban J connectivity index is 0.00000256. The molecular weight excluding hydrogens is 374 g/mol. The molecule has 0 aliphatic rings. The van der Waals surface area contributed by atoms with Crippen LogP contribution in [-0.2, 0) is 6.54 Å². The van der Waals surface area contributed by atoms with Crippen molar-refractivity contribution in [3.05, 3.63) is 76.8 Å². The Morgan fingerprint density at radius 3 is 2.20 bits per heavy atom. The normalized spacial score (nSPS) is 11.0. The summed E-state index contributed by atoms with van der Waals surface area (Å²) < 4.78 is 8.51. The molecule has 0 unspecified atom stereocenters. The number of fused-ring (bicyclic) bond motifs is 1. The summed E-state index contributed by atoms with van der Waals surface area (Å²) in [6, 6.07) is 18.3. The van der Waals surface area contributed by atoms with Gasteiger partial charge in [-0.25, -0.2) is 13.9 Å². The van der Waals surface area contributed by atoms with E-state index in [2.05, 4.69) is 45.0 Å². The summed E-state index contributed by atoms with van der Waals surface area (Å²) in [6.07, 6.45) is 1.82. The molecule has 156 valence electrons. The zero-order valence-corrected chi connectivity index (χ0v) is 17.2. The number of aryl methyl sites for hydroxylation is 1. The second kappa shape index (κ2) is 8.57. The number of hydrogen-bond acceptors (Lipinski definition) is 3. The van der Waals surface area contributed by atoms with Crippen LogP contribution in [0.2, 0.25) is 0 Å². The third-order valence-electron chi connectivity index (χ3n) is 5.03. The van der Waals surface area contributed by atoms with Crippen molar-refractivity contribution in [2.24, 2.45) is 5.92 Å². The summed E-state index contributed by atoms with van der Waals surface area (Å²) in [7, 11) is 1.66. The first-order valence-corrected chi connectivity index (χ1v) is 9.81. The average Bonchev–Trinajstić information content (AvgIpc) is 3.03. The van der Waals surface area contributed by atoms with E-state index in [1.165, 1.54) is 5.56 Å². The molecule has 0 bridgehead atoms. The standard InChI is InChI=1S/C24H25N3O2.CH4/c1-16(2)15-27-24(28)26-14-13-21(18-9-11-20(29-4)12-10-18)22(23(26)25-27)19-7-5-17(3)6-8-19;/h5-14,16H,15H2,1-4H3;1H4. The second-order valence-corrected chi connectivity index (χ2v) is 7.75. The summed E-state index contributed by atoms with van der Waals surface area (Å²) in [5.41, 5.74) is 5.83. The van der Waals surface area contributed by atoms with E-state index >= 15 is 0 Å². The molecule has 4 aromatic rings. The van der Waals surface area contributed by atoms with Gasteiger partial charge in [0, 0.05) is 18.3 Å². The highest BCUT2D eigenvalue weighted by molar-refractivity contribution is 5.91. The van der Waals surface area contributed by atoms with Gasteiger partial charge in [-0.2, -0.15) is 0 Å². The van der Waals surface area contributed by atoms with Gasteiger partial charge in [0.15, 0.2) is 5.65 Å². The Morgan fingerprint density at radius 2 is 1.60 bits per heavy atom. The molecule has 0 aliphatic carbocycles. The van der Waals surface area contributed by atoms with Crippen LogP contribution >= 0.6 is 0 Å². The van der Waals surface area contributed by atoms with Crippen molar-refractivity contribution in [1.82, 2.24) is 14.2 Å². The molecule has 5 heteroatoms. The van der Waals surface area contributed by atoms with Crippen LogP contribution < -0.4 is 10.4 Å². The molecule has 0 spiro atoms. The van der Waals surface area contributed by atoms with E-state index in [4.69, 9.17) is 9.84 Å². The lowest BCUT2D eigenvalue weighted by atomic mass is 9.95. The maximum absolute atomic E-state index is 12.9. The maximum atomic E-state index is 12.9. The Labute approximate surface area is 177 Å². The number of rotatable bonds is 5. The van der Waals surface area contributed by atoms with Crippen molar-refractivity contribution < 1.29 is 4.74 Å². The minimum absolute atomic E-state index is 0. The molecular formula is C25H29N3O2. The Bertz CT molecular complexity index is 1200. The van der Waals surface area contributed by atoms with E-state index in [0.29, 0.717) is 18.1 Å². The van der Waals surface area contributed by atoms with Crippen molar-refractivity contribution in [3.63, 3.8) is 0 Å². The van der Waals surface area contributed by atoms with E-state index in [-0.39, 0.29) is 13.1 Å². The van der Waals surface area contributed by atoms with Crippen LogP contribution in [0, 0.1) is 12.8 Å². The van der Waals surface area contributed by atoms with E-state index in [1.54, 1.807) is 16.2 Å². The van der Waals surface area contributed by atoms with Gasteiger partial charge in [0.2, 0.25) is 0 Å². The fourth-order valence-electron chi connectivity index (χ4n) is 3.56. The van der Waals surface area contributed by atoms with Gasteiger partial charge in [-0.3, -0.25) is 0 Å². The Morgan fingerprint density at radius 1 is 0.967 bits per heavy atom. The highest BCUT2D eigenvalue weighted by Crippen LogP contribution is 2.35. The predicted octanol–water partition coefficient (Wildman–Crippen LogP) is 5.44. The molecule has 30 heavy (non-hydrogen) atoms. The van der Waals surface area contributed by atoms with Crippen LogP contribution in [0.1, 0.15) is 26.8 Å². The fraction of sp³-hybridized carbons (Fsp3) is 0.280. The summed E-state index contributed by atoms with van der Waals surface area (Å²) in [5.74, 6) is 1.14. The van der Waals surface area contributed by atoms with Gasteiger partial charge in [0.1, 0.15) is 5.75 Å². The number of aromatic nitrogens is 3. The molecule has 0 saturated heterocycles. The van der Waals surface area contributed by atoms with Crippen LogP contribution in [0.25, 0.3) is 27.9 Å². The molecule has 0 atom stereocenters. The lowest BCUT2D eigenvalue weighted by molar-refractivity contribution is 0.415. The van der Waals surface area contributed by atoms with Gasteiger partial charge in [-0.15, -0.1) is 5.10 Å². The lowest BCUT2D eigenvalue weighted by Gasteiger charge is -2.12. The first-order valence-electron chi connectivity index (χ1n) is 9.81. The van der Waals surface area contributed by atoms with E-state index in [9.17, 15) is 4.79 Å². The third kappa shape index (κ3) is 3.88. The van der Waals surface area contributed by atoms with Crippen molar-refractivity contribution in [2.45, 2.75) is 34.7 Å². The molecule has 0 aliphatic heterocycles. The monoisotopic (exact) mass is 403 g/mol. The largest absolute Gasteiger partial charge is 0.497 e. The smallest absolute Gasteiger partial charge is 0.350 e. The van der Waals surface area contributed by atoms with Crippen molar-refractivity contribution in [2.75, 3.05) is 7.11 Å². The van der Waals surface area contributed by atoms with Gasteiger partial charge in [0.25, 0.3) is 0 Å². The molecule has 0 N–H and O–H groups in total. The van der Waals surface area contributed by atoms with Crippen LogP contribution in [-0.4, -0.2) is 21.3 Å². The predicted molar refractivity (Wildman–Crippen MR) is 123 cm³/mol. The van der Waals surface area contributed by atoms with E-state index in [0.717, 1.165) is 28.0 Å². The summed E-state index contributed by atoms with van der Waals surface area (Å²) in [4.78, 5) is 12.9. The second-order valence-electron chi connectivity index (χ2n) is 7.75. The number of nitrogens with zero attached hydrogens (tertiary/aromatic N) is 3. The summed E-state index contributed by atoms with van der Waals surface area (Å²) in [6.45, 7) is 6.82. The molecule has 0 saturated carbocycles. The zero-order chi connectivity index (χ0) is 20.5. The molecule has 0 fully saturated rings. The molecule has 2 heterocycles. The van der Waals surface area contributed by atoms with E-state index in [1.807, 2.05) is 36.5 Å². The van der Waals surface area contributed by atoms with Gasteiger partial charge in [-0.1, -0.05) is 63.2 Å². The molecule has 2 aromatic carbocycles. The van der Waals surface area contributed by atoms with Crippen LogP contribution in [0.3, 0.4) is 0 Å². The van der Waals surface area contributed by atoms with Crippen molar-refractivity contribution >= 4 is 5.65 Å². The molecule has 4 rings (SSSR count). The highest BCUT2D eigenvalue weighted by atomic mass is 16.5. The Kier molecular flexibility index (Phi) is 6.11. The quantitative estimate of drug-likeness (QED) is 0.446. The van der Waals surface area contributed by atoms with Crippen molar-refractivity contribution in [1.29, 1.82) is 0 Å². The molecule has 5 nitrogen and oxygen atoms in total. The number of ether oxygens (including phenoxy) is 1. The SMILES string of the molecule is C.COc1ccc(-c2ccn3c(=O)n(CC(C)C)nc3c2-c2ccc(C)cc2)cc1. The van der Waals surface area contributed by atoms with Gasteiger partial charge in [0.05, 0.1) is 7.11 Å². The molecule has 0 radical (unpaired) electrons. The van der Waals surface area contributed by atoms with Crippen LogP contribution in [0.4, 0.5) is 0 Å². The summed E-state index contributed by atoms with van der Waals surface area (Å²) in [5, 5.41) is 4.71. The third-order valence-corrected chi connectivity index (χ3v) is 5.03. The van der Waals surface area contributed by atoms with Gasteiger partial charge >= 0.3 is 5.69 Å². The fourth-order valence-corrected chi connectivity index (χ4v) is 3.56. The van der Waals surface area contributed by atoms with Crippen LogP contribution in [0.5, 0.6) is 5.75 Å². The number of methoxy groups -OCH3 is 1. The average molecular weight is 404 g/mol. The molecule has 0 amide bonds.